The molecular formula is C18H20O3. The Morgan fingerprint density at radius 2 is 1.52 bits per heavy atom. The molecule has 2 rings (SSSR count). The molecule has 0 atom stereocenters. The first-order chi connectivity index (χ1) is 10.1. The minimum atomic E-state index is 0.0102. The smallest absolute Gasteiger partial charge is 0.165 e. The highest BCUT2D eigenvalue weighted by molar-refractivity contribution is 5.97. The van der Waals surface area contributed by atoms with Crippen LogP contribution < -0.4 is 9.47 Å². The third kappa shape index (κ3) is 4.09. The van der Waals surface area contributed by atoms with Crippen LogP contribution in [0.5, 0.6) is 11.5 Å². The quantitative estimate of drug-likeness (QED) is 0.749. The molecule has 0 N–H and O–H groups in total. The maximum atomic E-state index is 11.8. The molecule has 0 radical (unpaired) electrons. The Morgan fingerprint density at radius 1 is 0.952 bits per heavy atom. The summed E-state index contributed by atoms with van der Waals surface area (Å²) in [4.78, 5) is 11.8. The minimum absolute atomic E-state index is 0.0102. The highest BCUT2D eigenvalue weighted by Crippen LogP contribution is 2.17. The number of benzene rings is 2. The van der Waals surface area contributed by atoms with Crippen LogP contribution in [-0.4, -0.2) is 12.9 Å². The molecule has 0 aliphatic carbocycles. The molecule has 3 nitrogen and oxygen atoms in total. The van der Waals surface area contributed by atoms with Crippen LogP contribution in [0.3, 0.4) is 0 Å². The minimum Gasteiger partial charge on any atom is -0.497 e. The molecule has 0 unspecified atom stereocenters. The number of methoxy groups -OCH3 is 1. The number of rotatable bonds is 6. The Morgan fingerprint density at radius 3 is 2.05 bits per heavy atom. The fourth-order valence-electron chi connectivity index (χ4n) is 1.94. The highest BCUT2D eigenvalue weighted by Gasteiger charge is 2.09. The van der Waals surface area contributed by atoms with Gasteiger partial charge in [0, 0.05) is 11.5 Å². The topological polar surface area (TPSA) is 35.5 Å². The van der Waals surface area contributed by atoms with E-state index in [0.29, 0.717) is 6.61 Å². The lowest BCUT2D eigenvalue weighted by atomic mass is 10.0. The Kier molecular flexibility index (Phi) is 4.99. The van der Waals surface area contributed by atoms with E-state index < -0.39 is 0 Å². The van der Waals surface area contributed by atoms with Crippen molar-refractivity contribution in [1.82, 2.24) is 0 Å². The van der Waals surface area contributed by atoms with E-state index in [4.69, 9.17) is 9.47 Å². The number of hydrogen-bond donors (Lipinski definition) is 0. The zero-order chi connectivity index (χ0) is 15.2. The maximum Gasteiger partial charge on any atom is 0.165 e. The fourth-order valence-corrected chi connectivity index (χ4v) is 1.94. The third-order valence-electron chi connectivity index (χ3n) is 3.23. The molecule has 0 bridgehead atoms. The van der Waals surface area contributed by atoms with Crippen LogP contribution in [0.25, 0.3) is 0 Å². The molecule has 0 heterocycles. The molecule has 2 aromatic rings. The standard InChI is InChI=1S/C18H20O3/c1-13(2)18(19)15-6-10-17(11-7-15)21-12-14-4-8-16(20-3)9-5-14/h4-11,13H,12H2,1-3H3. The van der Waals surface area contributed by atoms with E-state index in [9.17, 15) is 4.79 Å². The Labute approximate surface area is 125 Å². The number of ether oxygens (including phenoxy) is 2. The largest absolute Gasteiger partial charge is 0.497 e. The number of hydrogen-bond acceptors (Lipinski definition) is 3. The summed E-state index contributed by atoms with van der Waals surface area (Å²) < 4.78 is 10.8. The molecule has 0 saturated heterocycles. The summed E-state index contributed by atoms with van der Waals surface area (Å²) in [6, 6.07) is 15.0. The van der Waals surface area contributed by atoms with Gasteiger partial charge in [0.1, 0.15) is 18.1 Å². The monoisotopic (exact) mass is 284 g/mol. The molecule has 0 aliphatic heterocycles. The van der Waals surface area contributed by atoms with Gasteiger partial charge in [-0.3, -0.25) is 4.79 Å². The van der Waals surface area contributed by atoms with E-state index in [0.717, 1.165) is 22.6 Å². The second-order valence-corrected chi connectivity index (χ2v) is 5.18. The SMILES string of the molecule is COc1ccc(COc2ccc(C(=O)C(C)C)cc2)cc1. The van der Waals surface area contributed by atoms with Gasteiger partial charge in [-0.15, -0.1) is 0 Å². The van der Waals surface area contributed by atoms with E-state index in [1.165, 1.54) is 0 Å². The summed E-state index contributed by atoms with van der Waals surface area (Å²) in [5.41, 5.74) is 1.79. The Balaban J connectivity index is 1.95. The summed E-state index contributed by atoms with van der Waals surface area (Å²) in [6.07, 6.45) is 0. The van der Waals surface area contributed by atoms with Gasteiger partial charge >= 0.3 is 0 Å². The zero-order valence-corrected chi connectivity index (χ0v) is 12.6. The zero-order valence-electron chi connectivity index (χ0n) is 12.6. The lowest BCUT2D eigenvalue weighted by Crippen LogP contribution is -2.07. The van der Waals surface area contributed by atoms with Crippen LogP contribution >= 0.6 is 0 Å². The van der Waals surface area contributed by atoms with Crippen LogP contribution in [-0.2, 0) is 6.61 Å². The molecule has 110 valence electrons. The summed E-state index contributed by atoms with van der Waals surface area (Å²) >= 11 is 0. The van der Waals surface area contributed by atoms with Gasteiger partial charge in [-0.25, -0.2) is 0 Å². The second-order valence-electron chi connectivity index (χ2n) is 5.18. The van der Waals surface area contributed by atoms with Gasteiger partial charge in [0.05, 0.1) is 7.11 Å². The summed E-state index contributed by atoms with van der Waals surface area (Å²) in [7, 11) is 1.64. The maximum absolute atomic E-state index is 11.8. The number of carbonyl (C=O) groups excluding carboxylic acids is 1. The number of ketones is 1. The van der Waals surface area contributed by atoms with Crippen molar-refractivity contribution in [2.45, 2.75) is 20.5 Å². The van der Waals surface area contributed by atoms with Crippen molar-refractivity contribution in [2.75, 3.05) is 7.11 Å². The lowest BCUT2D eigenvalue weighted by Gasteiger charge is -2.08. The van der Waals surface area contributed by atoms with E-state index >= 15 is 0 Å². The highest BCUT2D eigenvalue weighted by atomic mass is 16.5. The first-order valence-electron chi connectivity index (χ1n) is 7.00. The predicted molar refractivity (Wildman–Crippen MR) is 82.9 cm³/mol. The van der Waals surface area contributed by atoms with Gasteiger partial charge in [0.2, 0.25) is 0 Å². The van der Waals surface area contributed by atoms with Gasteiger partial charge < -0.3 is 9.47 Å². The van der Waals surface area contributed by atoms with Crippen molar-refractivity contribution in [3.8, 4) is 11.5 Å². The van der Waals surface area contributed by atoms with E-state index in [-0.39, 0.29) is 11.7 Å². The molecule has 0 saturated carbocycles. The van der Waals surface area contributed by atoms with E-state index in [1.54, 1.807) is 7.11 Å². The van der Waals surface area contributed by atoms with E-state index in [1.807, 2.05) is 62.4 Å². The first kappa shape index (κ1) is 15.1. The van der Waals surface area contributed by atoms with Crippen molar-refractivity contribution < 1.29 is 14.3 Å². The molecule has 21 heavy (non-hydrogen) atoms. The first-order valence-corrected chi connectivity index (χ1v) is 7.00. The lowest BCUT2D eigenvalue weighted by molar-refractivity contribution is 0.0939. The summed E-state index contributed by atoms with van der Waals surface area (Å²) in [5, 5.41) is 0. The average molecular weight is 284 g/mol. The van der Waals surface area contributed by atoms with Crippen molar-refractivity contribution in [3.63, 3.8) is 0 Å². The van der Waals surface area contributed by atoms with Crippen molar-refractivity contribution in [2.24, 2.45) is 5.92 Å². The molecule has 2 aromatic carbocycles. The molecule has 0 fully saturated rings. The molecule has 0 aromatic heterocycles. The van der Waals surface area contributed by atoms with Gasteiger partial charge in [-0.1, -0.05) is 26.0 Å². The molecular weight excluding hydrogens is 264 g/mol. The molecule has 0 amide bonds. The van der Waals surface area contributed by atoms with Gasteiger partial charge in [0.15, 0.2) is 5.78 Å². The molecule has 0 aliphatic rings. The second kappa shape index (κ2) is 6.93. The van der Waals surface area contributed by atoms with Crippen LogP contribution in [0.2, 0.25) is 0 Å². The van der Waals surface area contributed by atoms with Gasteiger partial charge in [-0.2, -0.15) is 0 Å². The third-order valence-corrected chi connectivity index (χ3v) is 3.23. The number of carbonyl (C=O) groups is 1. The van der Waals surface area contributed by atoms with Crippen LogP contribution in [0.4, 0.5) is 0 Å². The van der Waals surface area contributed by atoms with Crippen LogP contribution in [0, 0.1) is 5.92 Å². The summed E-state index contributed by atoms with van der Waals surface area (Å²) in [6.45, 7) is 4.29. The van der Waals surface area contributed by atoms with Crippen molar-refractivity contribution >= 4 is 5.78 Å². The normalized spacial score (nSPS) is 10.5. The van der Waals surface area contributed by atoms with Crippen molar-refractivity contribution in [3.05, 3.63) is 59.7 Å². The molecule has 3 heteroatoms. The number of Topliss-reactive ketones (excluding diaryl/α,β-unsaturated/α-hetero) is 1. The summed E-state index contributed by atoms with van der Waals surface area (Å²) in [5.74, 6) is 1.74. The van der Waals surface area contributed by atoms with Gasteiger partial charge in [-0.05, 0) is 42.0 Å². The van der Waals surface area contributed by atoms with Crippen LogP contribution in [0.1, 0.15) is 29.8 Å². The van der Waals surface area contributed by atoms with Crippen molar-refractivity contribution in [1.29, 1.82) is 0 Å². The average Bonchev–Trinajstić information content (AvgIpc) is 2.53. The van der Waals surface area contributed by atoms with E-state index in [2.05, 4.69) is 0 Å². The van der Waals surface area contributed by atoms with Crippen LogP contribution in [0.15, 0.2) is 48.5 Å². The fraction of sp³-hybridized carbons (Fsp3) is 0.278. The molecule has 0 spiro atoms. The Bertz CT molecular complexity index is 583. The predicted octanol–water partition coefficient (Wildman–Crippen LogP) is 4.11. The Hall–Kier alpha value is -2.29. The van der Waals surface area contributed by atoms with Gasteiger partial charge in [0.25, 0.3) is 0 Å².